The molecule has 1 saturated carbocycles. The van der Waals surface area contributed by atoms with E-state index in [1.165, 1.54) is 54.1 Å². The summed E-state index contributed by atoms with van der Waals surface area (Å²) in [6.45, 7) is 4.10. The molecule has 0 N–H and O–H groups in total. The summed E-state index contributed by atoms with van der Waals surface area (Å²) in [7, 11) is 1.72. The Kier molecular flexibility index (Phi) is 5.22. The third-order valence-electron chi connectivity index (χ3n) is 7.80. The van der Waals surface area contributed by atoms with Crippen molar-refractivity contribution in [3.63, 3.8) is 0 Å². The summed E-state index contributed by atoms with van der Waals surface area (Å²) in [6.07, 6.45) is 10.1. The maximum absolute atomic E-state index is 6.11. The minimum absolute atomic E-state index is 0.0406. The molecule has 2 aromatic carbocycles. The fourth-order valence-corrected chi connectivity index (χ4v) is 6.16. The van der Waals surface area contributed by atoms with Gasteiger partial charge >= 0.3 is 0 Å². The molecule has 2 fully saturated rings. The first-order valence-electron chi connectivity index (χ1n) is 12.2. The molecular formula is C28H31N3O2. The molecule has 1 saturated heterocycles. The summed E-state index contributed by atoms with van der Waals surface area (Å²) in [6, 6.07) is 17.0. The minimum atomic E-state index is 0.0406. The number of anilines is 1. The van der Waals surface area contributed by atoms with E-state index in [4.69, 9.17) is 14.1 Å². The van der Waals surface area contributed by atoms with E-state index in [9.17, 15) is 0 Å². The Labute approximate surface area is 195 Å². The number of fused-ring (bicyclic) bond motifs is 2. The molecule has 3 heterocycles. The Bertz CT molecular complexity index is 1260. The largest absolute Gasteiger partial charge is 0.493 e. The number of aromatic nitrogens is 1. The van der Waals surface area contributed by atoms with E-state index in [0.29, 0.717) is 0 Å². The molecule has 2 aromatic heterocycles. The smallest absolute Gasteiger partial charge is 0.176 e. The molecule has 0 amide bonds. The van der Waals surface area contributed by atoms with Gasteiger partial charge in [0.15, 0.2) is 11.3 Å². The van der Waals surface area contributed by atoms with E-state index in [1.54, 1.807) is 7.11 Å². The van der Waals surface area contributed by atoms with Crippen molar-refractivity contribution in [2.75, 3.05) is 38.2 Å². The first kappa shape index (κ1) is 20.5. The monoisotopic (exact) mass is 441 g/mol. The highest BCUT2D eigenvalue weighted by Crippen LogP contribution is 2.47. The van der Waals surface area contributed by atoms with Gasteiger partial charge in [0.2, 0.25) is 0 Å². The van der Waals surface area contributed by atoms with Gasteiger partial charge in [-0.15, -0.1) is 0 Å². The second-order valence-electron chi connectivity index (χ2n) is 9.40. The van der Waals surface area contributed by atoms with Crippen LogP contribution in [0.25, 0.3) is 21.9 Å². The molecule has 170 valence electrons. The van der Waals surface area contributed by atoms with Gasteiger partial charge in [0, 0.05) is 54.3 Å². The lowest BCUT2D eigenvalue weighted by molar-refractivity contribution is 0.0422. The number of pyridine rings is 1. The van der Waals surface area contributed by atoms with E-state index in [-0.39, 0.29) is 5.54 Å². The van der Waals surface area contributed by atoms with Crippen LogP contribution in [0.3, 0.4) is 0 Å². The third-order valence-corrected chi connectivity index (χ3v) is 7.80. The number of furan rings is 1. The number of piperazine rings is 1. The molecular weight excluding hydrogens is 410 g/mol. The molecule has 0 spiro atoms. The maximum Gasteiger partial charge on any atom is 0.176 e. The van der Waals surface area contributed by atoms with Crippen LogP contribution in [0.15, 0.2) is 65.4 Å². The number of nitrogens with zero attached hydrogens (tertiary/aromatic N) is 3. The molecule has 0 radical (unpaired) electrons. The fourth-order valence-electron chi connectivity index (χ4n) is 6.16. The average molecular weight is 442 g/mol. The van der Waals surface area contributed by atoms with Crippen molar-refractivity contribution in [2.24, 2.45) is 0 Å². The maximum atomic E-state index is 6.11. The highest BCUT2D eigenvalue weighted by Gasteiger charge is 2.43. The number of hydrogen-bond acceptors (Lipinski definition) is 5. The zero-order valence-corrected chi connectivity index (χ0v) is 19.3. The standard InChI is InChI=1S/C28H31N3O2/c1-32-25-12-6-10-22-23(20-33-27(22)25)28(13-3-2-4-14-28)31-18-16-30(17-19-31)24-11-5-8-21-9-7-15-29-26(21)24/h5-12,15,20H,2-4,13-14,16-19H2,1H3. The molecule has 5 heteroatoms. The van der Waals surface area contributed by atoms with Gasteiger partial charge in [-0.05, 0) is 31.0 Å². The summed E-state index contributed by atoms with van der Waals surface area (Å²) in [5, 5.41) is 2.41. The van der Waals surface area contributed by atoms with Crippen LogP contribution in [0.4, 0.5) is 5.69 Å². The van der Waals surface area contributed by atoms with Crippen molar-refractivity contribution in [2.45, 2.75) is 37.6 Å². The number of para-hydroxylation sites is 2. The number of benzene rings is 2. The van der Waals surface area contributed by atoms with Crippen molar-refractivity contribution in [1.82, 2.24) is 9.88 Å². The van der Waals surface area contributed by atoms with E-state index in [1.807, 2.05) is 24.6 Å². The van der Waals surface area contributed by atoms with Crippen LogP contribution < -0.4 is 9.64 Å². The van der Waals surface area contributed by atoms with Crippen LogP contribution in [0.2, 0.25) is 0 Å². The van der Waals surface area contributed by atoms with Crippen LogP contribution in [0.5, 0.6) is 5.75 Å². The van der Waals surface area contributed by atoms with Gasteiger partial charge in [0.25, 0.3) is 0 Å². The SMILES string of the molecule is COc1cccc2c(C3(N4CCN(c5cccc6cccnc56)CC4)CCCCC3)coc12. The molecule has 0 bridgehead atoms. The summed E-state index contributed by atoms with van der Waals surface area (Å²) in [5.74, 6) is 0.818. The van der Waals surface area contributed by atoms with Gasteiger partial charge in [-0.1, -0.05) is 49.6 Å². The normalized spacial score (nSPS) is 19.2. The lowest BCUT2D eigenvalue weighted by atomic mass is 9.74. The lowest BCUT2D eigenvalue weighted by Crippen LogP contribution is -2.56. The predicted molar refractivity (Wildman–Crippen MR) is 133 cm³/mol. The highest BCUT2D eigenvalue weighted by molar-refractivity contribution is 5.91. The lowest BCUT2D eigenvalue weighted by Gasteiger charge is -2.50. The van der Waals surface area contributed by atoms with E-state index < -0.39 is 0 Å². The first-order chi connectivity index (χ1) is 16.3. The predicted octanol–water partition coefficient (Wildman–Crippen LogP) is 5.97. The van der Waals surface area contributed by atoms with Gasteiger partial charge in [-0.2, -0.15) is 0 Å². The molecule has 0 unspecified atom stereocenters. The summed E-state index contributed by atoms with van der Waals surface area (Å²) in [4.78, 5) is 9.94. The van der Waals surface area contributed by atoms with Crippen molar-refractivity contribution >= 4 is 27.6 Å². The Morgan fingerprint density at radius 1 is 0.909 bits per heavy atom. The van der Waals surface area contributed by atoms with Gasteiger partial charge < -0.3 is 14.1 Å². The molecule has 0 atom stereocenters. The van der Waals surface area contributed by atoms with Gasteiger partial charge in [-0.25, -0.2) is 0 Å². The highest BCUT2D eigenvalue weighted by atomic mass is 16.5. The summed E-state index contributed by atoms with van der Waals surface area (Å²) in [5.41, 5.74) is 4.62. The third kappa shape index (κ3) is 3.37. The Hall–Kier alpha value is -3.05. The Balaban J connectivity index is 1.32. The second-order valence-corrected chi connectivity index (χ2v) is 9.40. The zero-order chi connectivity index (χ0) is 22.3. The van der Waals surface area contributed by atoms with Gasteiger partial charge in [-0.3, -0.25) is 9.88 Å². The summed E-state index contributed by atoms with van der Waals surface area (Å²) < 4.78 is 11.7. The molecule has 33 heavy (non-hydrogen) atoms. The molecule has 2 aliphatic rings. The summed E-state index contributed by atoms with van der Waals surface area (Å²) >= 11 is 0. The second kappa shape index (κ2) is 8.38. The fraction of sp³-hybridized carbons (Fsp3) is 0.393. The Morgan fingerprint density at radius 3 is 2.52 bits per heavy atom. The number of hydrogen-bond donors (Lipinski definition) is 0. The zero-order valence-electron chi connectivity index (χ0n) is 19.3. The topological polar surface area (TPSA) is 41.7 Å². The minimum Gasteiger partial charge on any atom is -0.493 e. The van der Waals surface area contributed by atoms with Crippen molar-refractivity contribution in [3.05, 3.63) is 66.6 Å². The van der Waals surface area contributed by atoms with Crippen LogP contribution in [0.1, 0.15) is 37.7 Å². The van der Waals surface area contributed by atoms with Crippen LogP contribution in [0, 0.1) is 0 Å². The van der Waals surface area contributed by atoms with Crippen molar-refractivity contribution in [1.29, 1.82) is 0 Å². The van der Waals surface area contributed by atoms with Crippen LogP contribution in [-0.2, 0) is 5.54 Å². The van der Waals surface area contributed by atoms with Gasteiger partial charge in [0.05, 0.1) is 24.6 Å². The first-order valence-corrected chi connectivity index (χ1v) is 12.2. The van der Waals surface area contributed by atoms with Gasteiger partial charge in [0.1, 0.15) is 0 Å². The van der Waals surface area contributed by atoms with Crippen LogP contribution in [-0.4, -0.2) is 43.2 Å². The number of ether oxygens (including phenoxy) is 1. The molecule has 6 rings (SSSR count). The van der Waals surface area contributed by atoms with E-state index >= 15 is 0 Å². The van der Waals surface area contributed by atoms with E-state index in [0.717, 1.165) is 43.0 Å². The Morgan fingerprint density at radius 2 is 1.70 bits per heavy atom. The number of methoxy groups -OCH3 is 1. The number of rotatable bonds is 4. The molecule has 4 aromatic rings. The average Bonchev–Trinajstić information content (AvgIpc) is 3.34. The molecule has 1 aliphatic carbocycles. The quantitative estimate of drug-likeness (QED) is 0.390. The molecule has 5 nitrogen and oxygen atoms in total. The van der Waals surface area contributed by atoms with Crippen molar-refractivity contribution < 1.29 is 9.15 Å². The molecule has 1 aliphatic heterocycles. The van der Waals surface area contributed by atoms with Crippen LogP contribution >= 0.6 is 0 Å². The van der Waals surface area contributed by atoms with E-state index in [2.05, 4.69) is 46.2 Å². The van der Waals surface area contributed by atoms with Crippen molar-refractivity contribution in [3.8, 4) is 5.75 Å².